The van der Waals surface area contributed by atoms with E-state index in [2.05, 4.69) is 20.2 Å². The van der Waals surface area contributed by atoms with Crippen molar-refractivity contribution in [3.63, 3.8) is 0 Å². The summed E-state index contributed by atoms with van der Waals surface area (Å²) >= 11 is 6.03. The van der Waals surface area contributed by atoms with Crippen LogP contribution in [-0.4, -0.2) is 59.3 Å². The molecule has 2 heterocycles. The summed E-state index contributed by atoms with van der Waals surface area (Å²) in [7, 11) is 0. The molecular weight excluding hydrogens is 403 g/mol. The third-order valence-electron chi connectivity index (χ3n) is 3.75. The van der Waals surface area contributed by atoms with E-state index in [-0.39, 0.29) is 31.1 Å². The number of carbonyl (C=O) groups is 2. The number of nitrogens with one attached hydrogen (secondary N) is 1. The Labute approximate surface area is 163 Å². The first-order valence-electron chi connectivity index (χ1n) is 8.02. The van der Waals surface area contributed by atoms with Gasteiger partial charge in [0, 0.05) is 29.9 Å². The van der Waals surface area contributed by atoms with Crippen molar-refractivity contribution < 1.29 is 27.5 Å². The fourth-order valence-corrected chi connectivity index (χ4v) is 2.72. The Morgan fingerprint density at radius 1 is 1.46 bits per heavy atom. The van der Waals surface area contributed by atoms with Crippen LogP contribution in [0.1, 0.15) is 12.5 Å². The smallest absolute Gasteiger partial charge is 0.388 e. The molecule has 0 atom stereocenters. The van der Waals surface area contributed by atoms with Gasteiger partial charge in [-0.2, -0.15) is 5.10 Å². The Bertz CT molecular complexity index is 781. The minimum Gasteiger partial charge on any atom is -0.388 e. The quantitative estimate of drug-likeness (QED) is 0.414. The molecule has 2 rings (SSSR count). The number of ether oxygens (including phenoxy) is 1. The highest BCUT2D eigenvalue weighted by molar-refractivity contribution is 6.30. The average molecular weight is 420 g/mol. The predicted molar refractivity (Wildman–Crippen MR) is 94.2 cm³/mol. The van der Waals surface area contributed by atoms with E-state index >= 15 is 0 Å². The van der Waals surface area contributed by atoms with Gasteiger partial charge in [-0.1, -0.05) is 17.7 Å². The van der Waals surface area contributed by atoms with E-state index in [9.17, 15) is 22.8 Å². The molecule has 0 unspecified atom stereocenters. The van der Waals surface area contributed by atoms with Gasteiger partial charge in [0.15, 0.2) is 0 Å². The first kappa shape index (κ1) is 21.5. The number of carbonyl (C=O) groups excluding carboxylic acids is 2. The Hall–Kier alpha value is -2.82. The van der Waals surface area contributed by atoms with Crippen LogP contribution in [0.25, 0.3) is 0 Å². The molecule has 152 valence electrons. The van der Waals surface area contributed by atoms with Crippen molar-refractivity contribution in [1.29, 1.82) is 0 Å². The Morgan fingerprint density at radius 3 is 2.82 bits per heavy atom. The number of allylic oxidation sites excluding steroid dienone is 2. The molecule has 1 fully saturated rings. The number of amides is 2. The Morgan fingerprint density at radius 2 is 2.21 bits per heavy atom. The fraction of sp³-hybridized carbons (Fsp3) is 0.375. The number of hydrogen-bond acceptors (Lipinski definition) is 6. The fourth-order valence-electron chi connectivity index (χ4n) is 2.55. The maximum absolute atomic E-state index is 12.5. The van der Waals surface area contributed by atoms with E-state index < -0.39 is 12.2 Å². The van der Waals surface area contributed by atoms with Gasteiger partial charge in [-0.3, -0.25) is 9.59 Å². The van der Waals surface area contributed by atoms with E-state index in [0.717, 1.165) is 0 Å². The summed E-state index contributed by atoms with van der Waals surface area (Å²) in [6, 6.07) is 2.88. The molecule has 1 aliphatic heterocycles. The molecule has 0 spiro atoms. The van der Waals surface area contributed by atoms with Crippen LogP contribution in [0.15, 0.2) is 34.2 Å². The molecule has 1 aromatic heterocycles. The van der Waals surface area contributed by atoms with Gasteiger partial charge in [-0.05, 0) is 13.0 Å². The maximum Gasteiger partial charge on any atom is 0.574 e. The molecule has 2 amide bonds. The molecule has 1 aromatic rings. The molecule has 1 saturated heterocycles. The van der Waals surface area contributed by atoms with Crippen LogP contribution < -0.4 is 10.2 Å². The van der Waals surface area contributed by atoms with Crippen molar-refractivity contribution in [2.75, 3.05) is 19.6 Å². The molecule has 1 N–H and O–H groups in total. The van der Waals surface area contributed by atoms with Gasteiger partial charge in [0.1, 0.15) is 0 Å². The maximum atomic E-state index is 12.5. The summed E-state index contributed by atoms with van der Waals surface area (Å²) < 4.78 is 41.5. The summed E-state index contributed by atoms with van der Waals surface area (Å²) in [6.07, 6.45) is -2.00. The highest BCUT2D eigenvalue weighted by atomic mass is 35.5. The van der Waals surface area contributed by atoms with Crippen molar-refractivity contribution in [2.45, 2.75) is 19.8 Å². The standard InChI is InChI=1S/C16H17ClF3N5O3/c1-11(17)13(7-22-23-10-26)24-5-6-25(14(27)9-24)8-12-3-2-4-21-15(12)28-16(18,19)20/h2-4,7,10H,5-6,8-9H2,1H3,(H,23,26)/b13-11-,22-7-. The van der Waals surface area contributed by atoms with Gasteiger partial charge in [0.05, 0.1) is 25.0 Å². The number of pyridine rings is 1. The van der Waals surface area contributed by atoms with Crippen molar-refractivity contribution in [3.8, 4) is 5.88 Å². The topological polar surface area (TPSA) is 87.1 Å². The normalized spacial score (nSPS) is 16.2. The molecule has 0 saturated carbocycles. The molecule has 0 aromatic carbocycles. The van der Waals surface area contributed by atoms with Crippen molar-refractivity contribution in [1.82, 2.24) is 20.2 Å². The summed E-state index contributed by atoms with van der Waals surface area (Å²) in [4.78, 5) is 29.4. The summed E-state index contributed by atoms with van der Waals surface area (Å²) in [6.45, 7) is 2.08. The number of hydrogen-bond donors (Lipinski definition) is 1. The van der Waals surface area contributed by atoms with Gasteiger partial charge >= 0.3 is 6.36 Å². The lowest BCUT2D eigenvalue weighted by Crippen LogP contribution is -2.49. The molecule has 1 aliphatic rings. The second-order valence-corrected chi connectivity index (χ2v) is 6.24. The van der Waals surface area contributed by atoms with Crippen molar-refractivity contribution in [3.05, 3.63) is 34.6 Å². The first-order chi connectivity index (χ1) is 13.2. The predicted octanol–water partition coefficient (Wildman–Crippen LogP) is 1.83. The third-order valence-corrected chi connectivity index (χ3v) is 3.94. The van der Waals surface area contributed by atoms with Crippen LogP contribution in [0.2, 0.25) is 0 Å². The molecular formula is C16H17ClF3N5O3. The molecule has 0 aliphatic carbocycles. The molecule has 0 radical (unpaired) electrons. The van der Waals surface area contributed by atoms with Crippen molar-refractivity contribution >= 4 is 30.1 Å². The van der Waals surface area contributed by atoms with Gasteiger partial charge < -0.3 is 14.5 Å². The molecule has 28 heavy (non-hydrogen) atoms. The van der Waals surface area contributed by atoms with Gasteiger partial charge in [0.2, 0.25) is 18.2 Å². The van der Waals surface area contributed by atoms with E-state index in [1.807, 2.05) is 0 Å². The zero-order valence-corrected chi connectivity index (χ0v) is 15.5. The Kier molecular flexibility index (Phi) is 7.21. The van der Waals surface area contributed by atoms with E-state index in [1.165, 1.54) is 29.4 Å². The highest BCUT2D eigenvalue weighted by Gasteiger charge is 2.33. The highest BCUT2D eigenvalue weighted by Crippen LogP contribution is 2.25. The third kappa shape index (κ3) is 6.12. The number of aromatic nitrogens is 1. The number of hydrazone groups is 1. The largest absolute Gasteiger partial charge is 0.574 e. The number of rotatable bonds is 7. The zero-order chi connectivity index (χ0) is 20.7. The summed E-state index contributed by atoms with van der Waals surface area (Å²) in [5.74, 6) is -0.908. The number of alkyl halides is 3. The van der Waals surface area contributed by atoms with Crippen LogP contribution in [0.3, 0.4) is 0 Å². The summed E-state index contributed by atoms with van der Waals surface area (Å²) in [5.41, 5.74) is 2.70. The SMILES string of the molecule is C/C(Cl)=C(\C=N/NC=O)N1CCN(Cc2cccnc2OC(F)(F)F)C(=O)C1. The number of halogens is 4. The van der Waals surface area contributed by atoms with Crippen LogP contribution >= 0.6 is 11.6 Å². The average Bonchev–Trinajstić information content (AvgIpc) is 2.60. The van der Waals surface area contributed by atoms with Gasteiger partial charge in [-0.25, -0.2) is 10.4 Å². The lowest BCUT2D eigenvalue weighted by atomic mass is 10.2. The van der Waals surface area contributed by atoms with E-state index in [1.54, 1.807) is 11.8 Å². The zero-order valence-electron chi connectivity index (χ0n) is 14.7. The molecule has 8 nitrogen and oxygen atoms in total. The van der Waals surface area contributed by atoms with Crippen molar-refractivity contribution in [2.24, 2.45) is 5.10 Å². The lowest BCUT2D eigenvalue weighted by Gasteiger charge is -2.36. The Balaban J connectivity index is 2.08. The molecule has 0 bridgehead atoms. The monoisotopic (exact) mass is 419 g/mol. The van der Waals surface area contributed by atoms with E-state index in [4.69, 9.17) is 11.6 Å². The van der Waals surface area contributed by atoms with Crippen LogP contribution in [0.5, 0.6) is 5.88 Å². The minimum atomic E-state index is -4.88. The number of piperazine rings is 1. The number of nitrogens with zero attached hydrogens (tertiary/aromatic N) is 4. The van der Waals surface area contributed by atoms with Crippen LogP contribution in [0, 0.1) is 0 Å². The molecule has 12 heteroatoms. The van der Waals surface area contributed by atoms with E-state index in [0.29, 0.717) is 23.7 Å². The van der Waals surface area contributed by atoms with Gasteiger partial charge in [-0.15, -0.1) is 13.2 Å². The second kappa shape index (κ2) is 9.40. The second-order valence-electron chi connectivity index (χ2n) is 5.68. The van der Waals surface area contributed by atoms with Crippen LogP contribution in [0.4, 0.5) is 13.2 Å². The van der Waals surface area contributed by atoms with Gasteiger partial charge in [0.25, 0.3) is 0 Å². The minimum absolute atomic E-state index is 0.0533. The van der Waals surface area contributed by atoms with Crippen LogP contribution in [-0.2, 0) is 16.1 Å². The lowest BCUT2D eigenvalue weighted by molar-refractivity contribution is -0.276. The summed E-state index contributed by atoms with van der Waals surface area (Å²) in [5, 5.41) is 4.03. The first-order valence-corrected chi connectivity index (χ1v) is 8.40.